The van der Waals surface area contributed by atoms with Gasteiger partial charge >= 0.3 is 7.12 Å². The van der Waals surface area contributed by atoms with Crippen LogP contribution >= 0.6 is 15.9 Å². The Morgan fingerprint density at radius 2 is 1.24 bits per heavy atom. The Hall–Kier alpha value is -6.42. The van der Waals surface area contributed by atoms with E-state index < -0.39 is 41.0 Å². The minimum atomic E-state index is -1.87. The van der Waals surface area contributed by atoms with Crippen LogP contribution in [0.15, 0.2) is 87.3 Å². The maximum Gasteiger partial charge on any atom is 0.490 e. The maximum absolute atomic E-state index is 14.9. The van der Waals surface area contributed by atoms with Gasteiger partial charge in [-0.3, -0.25) is 19.4 Å². The quantitative estimate of drug-likeness (QED) is 0.153. The Morgan fingerprint density at radius 3 is 1.71 bits per heavy atom. The predicted molar refractivity (Wildman–Crippen MR) is 243 cm³/mol. The van der Waals surface area contributed by atoms with E-state index in [2.05, 4.69) is 35.6 Å². The lowest BCUT2D eigenvalue weighted by molar-refractivity contribution is -0.139. The first-order chi connectivity index (χ1) is 31.5. The first-order valence-corrected chi connectivity index (χ1v) is 21.7. The highest BCUT2D eigenvalue weighted by Crippen LogP contribution is 2.53. The van der Waals surface area contributed by atoms with Gasteiger partial charge in [0.05, 0.1) is 26.4 Å². The number of guanidine groups is 2. The van der Waals surface area contributed by atoms with Crippen LogP contribution in [0.2, 0.25) is 0 Å². The first-order valence-electron chi connectivity index (χ1n) is 20.9. The molecule has 6 aliphatic heterocycles. The van der Waals surface area contributed by atoms with Gasteiger partial charge in [0.25, 0.3) is 11.8 Å². The second-order valence-corrected chi connectivity index (χ2v) is 17.8. The molecule has 2 saturated heterocycles. The predicted octanol–water partition coefficient (Wildman–Crippen LogP) is 5.18. The minimum Gasteiger partial charge on any atom is -0.484 e. The zero-order valence-corrected chi connectivity index (χ0v) is 37.5. The van der Waals surface area contributed by atoms with Crippen molar-refractivity contribution in [3.8, 4) is 22.6 Å². The number of fused-ring (bicyclic) bond motifs is 4. The number of nitrogens with zero attached hydrogens (tertiary/aromatic N) is 6. The third-order valence-electron chi connectivity index (χ3n) is 12.6. The molecule has 0 saturated carbocycles. The largest absolute Gasteiger partial charge is 0.490 e. The molecule has 4 unspecified atom stereocenters. The normalized spacial score (nSPS) is 25.8. The molecule has 10 rings (SSSR count). The summed E-state index contributed by atoms with van der Waals surface area (Å²) in [6, 6.07) is 19.5. The maximum atomic E-state index is 14.9. The molecule has 0 bridgehead atoms. The highest BCUT2D eigenvalue weighted by molar-refractivity contribution is 9.10. The third-order valence-corrected chi connectivity index (χ3v) is 13.1. The standard InChI is InChI=1S/C23H21FN4O3.C16H18BrN3O3.C7H5BFNO2/c1-26-17-6-3-5-15(19(17)24)14-7-8-18-16(11-14)23(20(29)28(2)21(25)27-23)12-22(31-18)9-4-10-30-13-22;1-20-13(21)16(19-14(20)18)8-15(5-2-6-22-9-15)23-12-4-3-10(17)7-11(12)16;1-10-6-4-2-3-5(7(6)9)8(11)12/h3,5-8,11H,4,9-10,12-13H2,2H3,(H2,25,27);3-4,7H,2,5-6,8-9H2,1H3,(H2,18,19);2-4,11-12H. The van der Waals surface area contributed by atoms with E-state index in [9.17, 15) is 18.4 Å². The van der Waals surface area contributed by atoms with Crippen LogP contribution in [0.4, 0.5) is 20.2 Å². The molecule has 6 heterocycles. The highest BCUT2D eigenvalue weighted by atomic mass is 79.9. The Morgan fingerprint density at radius 1 is 0.742 bits per heavy atom. The molecule has 2 fully saturated rings. The van der Waals surface area contributed by atoms with Gasteiger partial charge in [-0.1, -0.05) is 58.4 Å². The number of likely N-dealkylation sites (N-methyl/N-ethyl adjacent to an activating group) is 2. The van der Waals surface area contributed by atoms with Gasteiger partial charge in [-0.15, -0.1) is 0 Å². The second-order valence-electron chi connectivity index (χ2n) is 16.9. The summed E-state index contributed by atoms with van der Waals surface area (Å²) in [4.78, 5) is 44.5. The average Bonchev–Trinajstić information content (AvgIpc) is 3.65. The summed E-state index contributed by atoms with van der Waals surface area (Å²) in [6.07, 6.45) is 4.06. The summed E-state index contributed by atoms with van der Waals surface area (Å²) in [7, 11) is 1.39. The molecule has 20 heteroatoms. The van der Waals surface area contributed by atoms with Crippen molar-refractivity contribution in [3.63, 3.8) is 0 Å². The molecular weight excluding hydrogens is 921 g/mol. The van der Waals surface area contributed by atoms with Crippen molar-refractivity contribution in [1.29, 1.82) is 0 Å². The number of amides is 2. The van der Waals surface area contributed by atoms with Crippen LogP contribution in [0.25, 0.3) is 20.8 Å². The number of ether oxygens (including phenoxy) is 4. The van der Waals surface area contributed by atoms with Crippen molar-refractivity contribution >= 4 is 63.6 Å². The van der Waals surface area contributed by atoms with Crippen LogP contribution in [0, 0.1) is 24.8 Å². The summed E-state index contributed by atoms with van der Waals surface area (Å²) < 4.78 is 52.8. The number of hydrogen-bond acceptors (Lipinski definition) is 12. The highest BCUT2D eigenvalue weighted by Gasteiger charge is 2.60. The SMILES string of the molecule is CN1C(=O)C2(CC3(CCCOC3)Oc3ccc(Br)cc32)N=C1N.[C-]#[N+]c1cccc(-c2ccc3c(c2)C2(CC4(CCCOC4)O3)N=C(N)N(C)C2=O)c1F.[C-]#[N+]c1cccc(B(O)O)c1F. The molecule has 16 nitrogen and oxygen atoms in total. The number of halogens is 3. The van der Waals surface area contributed by atoms with E-state index in [4.69, 9.17) is 53.6 Å². The zero-order valence-electron chi connectivity index (χ0n) is 35.9. The van der Waals surface area contributed by atoms with Gasteiger partial charge in [0.1, 0.15) is 34.3 Å². The van der Waals surface area contributed by atoms with E-state index in [0.29, 0.717) is 55.3 Å². The molecule has 6 N–H and O–H groups in total. The van der Waals surface area contributed by atoms with E-state index in [0.717, 1.165) is 42.3 Å². The molecule has 4 aromatic rings. The number of nitrogens with two attached hydrogens (primary N) is 2. The third kappa shape index (κ3) is 8.02. The van der Waals surface area contributed by atoms with Crippen LogP contribution in [-0.4, -0.2) is 102 Å². The van der Waals surface area contributed by atoms with Crippen LogP contribution in [0.5, 0.6) is 11.5 Å². The van der Waals surface area contributed by atoms with Crippen LogP contribution in [-0.2, 0) is 30.1 Å². The molecule has 4 atom stereocenters. The van der Waals surface area contributed by atoms with Crippen molar-refractivity contribution in [2.75, 3.05) is 40.5 Å². The molecular formula is C46H44BBrF2N8O8. The number of benzene rings is 4. The van der Waals surface area contributed by atoms with Crippen molar-refractivity contribution in [1.82, 2.24) is 9.80 Å². The number of carbonyl (C=O) groups excluding carboxylic acids is 2. The van der Waals surface area contributed by atoms with E-state index >= 15 is 0 Å². The lowest BCUT2D eigenvalue weighted by Crippen LogP contribution is -2.55. The van der Waals surface area contributed by atoms with Gasteiger partial charge < -0.3 is 40.5 Å². The number of carbonyl (C=O) groups is 2. The van der Waals surface area contributed by atoms with Gasteiger partial charge in [-0.25, -0.2) is 28.5 Å². The minimum absolute atomic E-state index is 0.0570. The first kappa shape index (κ1) is 46.1. The molecule has 4 spiro atoms. The summed E-state index contributed by atoms with van der Waals surface area (Å²) in [6.45, 7) is 15.9. The van der Waals surface area contributed by atoms with Gasteiger partial charge in [0.15, 0.2) is 23.0 Å². The molecule has 340 valence electrons. The molecule has 4 aromatic carbocycles. The Labute approximate surface area is 387 Å². The van der Waals surface area contributed by atoms with Gasteiger partial charge in [0.2, 0.25) is 11.4 Å². The van der Waals surface area contributed by atoms with E-state index in [1.807, 2.05) is 18.2 Å². The van der Waals surface area contributed by atoms with Crippen LogP contribution < -0.4 is 26.4 Å². The molecule has 0 aliphatic carbocycles. The van der Waals surface area contributed by atoms with Crippen molar-refractivity contribution < 1.29 is 47.4 Å². The van der Waals surface area contributed by atoms with Crippen molar-refractivity contribution in [3.05, 3.63) is 123 Å². The Kier molecular flexibility index (Phi) is 12.4. The molecule has 6 aliphatic rings. The Balaban J connectivity index is 0.000000148. The number of aliphatic imine (C=N–C) groups is 2. The average molecular weight is 966 g/mol. The summed E-state index contributed by atoms with van der Waals surface area (Å²) >= 11 is 3.47. The van der Waals surface area contributed by atoms with Crippen LogP contribution in [0.1, 0.15) is 49.7 Å². The van der Waals surface area contributed by atoms with Crippen molar-refractivity contribution in [2.24, 2.45) is 21.5 Å². The Bertz CT molecular complexity index is 2770. The topological polar surface area (TPSA) is 203 Å². The van der Waals surface area contributed by atoms with Crippen molar-refractivity contribution in [2.45, 2.75) is 60.8 Å². The van der Waals surface area contributed by atoms with E-state index in [1.165, 1.54) is 34.1 Å². The monoisotopic (exact) mass is 964 g/mol. The summed E-state index contributed by atoms with van der Waals surface area (Å²) in [5.41, 5.74) is 10.1. The van der Waals surface area contributed by atoms with Gasteiger partial charge in [-0.2, -0.15) is 0 Å². The molecule has 0 aromatic heterocycles. The lowest BCUT2D eigenvalue weighted by Gasteiger charge is -2.46. The zero-order chi connectivity index (χ0) is 47.2. The number of rotatable bonds is 2. The molecule has 66 heavy (non-hydrogen) atoms. The lowest BCUT2D eigenvalue weighted by atomic mass is 9.74. The van der Waals surface area contributed by atoms with Crippen LogP contribution in [0.3, 0.4) is 0 Å². The molecule has 2 amide bonds. The summed E-state index contributed by atoms with van der Waals surface area (Å²) in [5, 5.41) is 17.3. The van der Waals surface area contributed by atoms with E-state index in [-0.39, 0.29) is 46.1 Å². The summed E-state index contributed by atoms with van der Waals surface area (Å²) in [5.74, 6) is -0.242. The fourth-order valence-electron chi connectivity index (χ4n) is 9.41. The molecule has 0 radical (unpaired) electrons. The number of hydrogen-bond donors (Lipinski definition) is 4. The van der Waals surface area contributed by atoms with Gasteiger partial charge in [-0.05, 0) is 61.6 Å². The van der Waals surface area contributed by atoms with E-state index in [1.54, 1.807) is 44.4 Å². The fraction of sp³-hybridized carbons (Fsp3) is 0.348. The fourth-order valence-corrected chi connectivity index (χ4v) is 9.77. The smallest absolute Gasteiger partial charge is 0.484 e. The second kappa shape index (κ2) is 17.8. The van der Waals surface area contributed by atoms with Gasteiger partial charge in [0, 0.05) is 66.8 Å².